The predicted molar refractivity (Wildman–Crippen MR) is 101 cm³/mol. The summed E-state index contributed by atoms with van der Waals surface area (Å²) in [7, 11) is 0. The van der Waals surface area contributed by atoms with E-state index in [0.29, 0.717) is 22.9 Å². The van der Waals surface area contributed by atoms with Crippen molar-refractivity contribution in [1.82, 2.24) is 10.3 Å². The van der Waals surface area contributed by atoms with Crippen molar-refractivity contribution in [2.45, 2.75) is 18.9 Å². The van der Waals surface area contributed by atoms with Gasteiger partial charge in [-0.15, -0.1) is 0 Å². The van der Waals surface area contributed by atoms with E-state index in [0.717, 1.165) is 23.6 Å². The number of carbonyl (C=O) groups is 2. The second kappa shape index (κ2) is 6.09. The molecule has 0 radical (unpaired) electrons. The van der Waals surface area contributed by atoms with E-state index < -0.39 is 0 Å². The van der Waals surface area contributed by atoms with Gasteiger partial charge in [0.25, 0.3) is 5.91 Å². The molecular weight excluding hydrogens is 342 g/mol. The molecule has 6 nitrogen and oxygen atoms in total. The van der Waals surface area contributed by atoms with E-state index in [1.54, 1.807) is 18.3 Å². The topological polar surface area (TPSA) is 71.5 Å². The molecule has 0 unspecified atom stereocenters. The maximum absolute atomic E-state index is 13.3. The number of fused-ring (bicyclic) bond motifs is 3. The average molecular weight is 359 g/mol. The van der Waals surface area contributed by atoms with E-state index >= 15 is 0 Å². The number of amides is 2. The van der Waals surface area contributed by atoms with E-state index in [4.69, 9.17) is 4.74 Å². The number of hydrogen-bond acceptors (Lipinski definition) is 4. The highest BCUT2D eigenvalue weighted by Gasteiger charge is 2.32. The fraction of sp³-hybridized carbons (Fsp3) is 0.190. The fourth-order valence-corrected chi connectivity index (χ4v) is 3.30. The van der Waals surface area contributed by atoms with Gasteiger partial charge in [0.2, 0.25) is 11.8 Å². The van der Waals surface area contributed by atoms with E-state index in [1.165, 1.54) is 4.90 Å². The number of ether oxygens (including phenoxy) is 1. The molecule has 2 heterocycles. The number of anilines is 1. The lowest BCUT2D eigenvalue weighted by Gasteiger charge is -2.21. The Hall–Kier alpha value is -3.41. The maximum atomic E-state index is 13.3. The van der Waals surface area contributed by atoms with Crippen molar-refractivity contribution in [2.24, 2.45) is 0 Å². The van der Waals surface area contributed by atoms with Gasteiger partial charge in [-0.25, -0.2) is 4.98 Å². The third-order valence-corrected chi connectivity index (χ3v) is 4.82. The molecule has 1 aliphatic heterocycles. The van der Waals surface area contributed by atoms with Gasteiger partial charge in [0.15, 0.2) is 0 Å². The van der Waals surface area contributed by atoms with Crippen LogP contribution in [0.1, 0.15) is 23.2 Å². The summed E-state index contributed by atoms with van der Waals surface area (Å²) in [5, 5.41) is 4.85. The second-order valence-electron chi connectivity index (χ2n) is 6.86. The summed E-state index contributed by atoms with van der Waals surface area (Å²) in [6.07, 6.45) is 3.60. The second-order valence-corrected chi connectivity index (χ2v) is 6.86. The first-order chi connectivity index (χ1) is 13.2. The zero-order chi connectivity index (χ0) is 18.4. The summed E-state index contributed by atoms with van der Waals surface area (Å²) in [4.78, 5) is 31.4. The maximum Gasteiger partial charge on any atom is 0.262 e. The van der Waals surface area contributed by atoms with Crippen LogP contribution in [-0.4, -0.2) is 29.4 Å². The molecule has 3 aromatic rings. The zero-order valence-corrected chi connectivity index (χ0v) is 14.5. The SMILES string of the molecule is O=C(CN1C(=O)c2cc3ccccc3cc2Oc2ncccc21)NC1CC1. The first kappa shape index (κ1) is 15.8. The lowest BCUT2D eigenvalue weighted by molar-refractivity contribution is -0.119. The van der Waals surface area contributed by atoms with Gasteiger partial charge in [-0.2, -0.15) is 0 Å². The van der Waals surface area contributed by atoms with Crippen molar-refractivity contribution < 1.29 is 14.3 Å². The highest BCUT2D eigenvalue weighted by Crippen LogP contribution is 2.39. The van der Waals surface area contributed by atoms with Crippen LogP contribution in [0.25, 0.3) is 10.8 Å². The molecule has 2 aromatic carbocycles. The Kier molecular flexibility index (Phi) is 3.57. The Morgan fingerprint density at radius 1 is 1.15 bits per heavy atom. The van der Waals surface area contributed by atoms with Gasteiger partial charge in [-0.3, -0.25) is 14.5 Å². The van der Waals surface area contributed by atoms with Crippen LogP contribution < -0.4 is 15.0 Å². The molecule has 134 valence electrons. The van der Waals surface area contributed by atoms with E-state index in [2.05, 4.69) is 10.3 Å². The van der Waals surface area contributed by atoms with Gasteiger partial charge >= 0.3 is 0 Å². The fourth-order valence-electron chi connectivity index (χ4n) is 3.30. The Bertz CT molecular complexity index is 1080. The number of rotatable bonds is 3. The quantitative estimate of drug-likeness (QED) is 0.779. The number of nitrogens with one attached hydrogen (secondary N) is 1. The van der Waals surface area contributed by atoms with Crippen LogP contribution in [0.5, 0.6) is 11.6 Å². The summed E-state index contributed by atoms with van der Waals surface area (Å²) in [6.45, 7) is -0.0658. The number of benzene rings is 2. The molecule has 1 saturated carbocycles. The first-order valence-corrected chi connectivity index (χ1v) is 8.96. The lowest BCUT2D eigenvalue weighted by Crippen LogP contribution is -2.41. The van der Waals surface area contributed by atoms with Gasteiger partial charge in [0.05, 0.1) is 5.56 Å². The molecule has 0 saturated heterocycles. The van der Waals surface area contributed by atoms with Crippen LogP contribution in [0.4, 0.5) is 5.69 Å². The van der Waals surface area contributed by atoms with E-state index in [1.807, 2.05) is 36.4 Å². The molecule has 6 heteroatoms. The molecular formula is C21H17N3O3. The van der Waals surface area contributed by atoms with Crippen molar-refractivity contribution in [3.05, 3.63) is 60.3 Å². The van der Waals surface area contributed by atoms with E-state index in [-0.39, 0.29) is 24.4 Å². The third-order valence-electron chi connectivity index (χ3n) is 4.82. The highest BCUT2D eigenvalue weighted by atomic mass is 16.5. The van der Waals surface area contributed by atoms with E-state index in [9.17, 15) is 9.59 Å². The minimum Gasteiger partial charge on any atom is -0.436 e. The van der Waals surface area contributed by atoms with Crippen molar-refractivity contribution in [3.8, 4) is 11.6 Å². The van der Waals surface area contributed by atoms with Crippen molar-refractivity contribution in [3.63, 3.8) is 0 Å². The molecule has 2 aliphatic rings. The largest absolute Gasteiger partial charge is 0.436 e. The van der Waals surface area contributed by atoms with Gasteiger partial charge in [-0.05, 0) is 47.9 Å². The van der Waals surface area contributed by atoms with Crippen LogP contribution in [0.3, 0.4) is 0 Å². The van der Waals surface area contributed by atoms with Crippen LogP contribution in [-0.2, 0) is 4.79 Å². The summed E-state index contributed by atoms with van der Waals surface area (Å²) >= 11 is 0. The minimum absolute atomic E-state index is 0.0658. The summed E-state index contributed by atoms with van der Waals surface area (Å²) in [5.41, 5.74) is 0.916. The minimum atomic E-state index is -0.270. The van der Waals surface area contributed by atoms with Gasteiger partial charge in [0.1, 0.15) is 18.0 Å². The van der Waals surface area contributed by atoms with Crippen molar-refractivity contribution >= 4 is 28.3 Å². The number of aromatic nitrogens is 1. The Morgan fingerprint density at radius 2 is 1.93 bits per heavy atom. The molecule has 5 rings (SSSR count). The molecule has 1 fully saturated rings. The monoisotopic (exact) mass is 359 g/mol. The Morgan fingerprint density at radius 3 is 2.70 bits per heavy atom. The van der Waals surface area contributed by atoms with Crippen LogP contribution in [0.15, 0.2) is 54.7 Å². The number of nitrogens with zero attached hydrogens (tertiary/aromatic N) is 2. The first-order valence-electron chi connectivity index (χ1n) is 8.96. The van der Waals surface area contributed by atoms with Crippen molar-refractivity contribution in [1.29, 1.82) is 0 Å². The summed E-state index contributed by atoms with van der Waals surface area (Å²) < 4.78 is 5.98. The predicted octanol–water partition coefficient (Wildman–Crippen LogP) is 3.27. The molecule has 0 bridgehead atoms. The molecule has 0 atom stereocenters. The van der Waals surface area contributed by atoms with Crippen LogP contribution in [0, 0.1) is 0 Å². The molecule has 27 heavy (non-hydrogen) atoms. The number of pyridine rings is 1. The van der Waals surface area contributed by atoms with Gasteiger partial charge in [-0.1, -0.05) is 24.3 Å². The standard InChI is InChI=1S/C21H17N3O3/c25-19(23-15-7-8-15)12-24-17-6-3-9-22-20(17)27-18-11-14-5-2-1-4-13(14)10-16(18)21(24)26/h1-6,9-11,15H,7-8,12H2,(H,23,25). The van der Waals surface area contributed by atoms with Crippen LogP contribution in [0.2, 0.25) is 0 Å². The Balaban J connectivity index is 1.61. The molecule has 1 aromatic heterocycles. The molecule has 1 aliphatic carbocycles. The Labute approximate surface area is 155 Å². The van der Waals surface area contributed by atoms with Gasteiger partial charge in [0, 0.05) is 12.2 Å². The molecule has 1 N–H and O–H groups in total. The lowest BCUT2D eigenvalue weighted by atomic mass is 10.0. The number of hydrogen-bond donors (Lipinski definition) is 1. The third kappa shape index (κ3) is 2.89. The van der Waals surface area contributed by atoms with Crippen LogP contribution >= 0.6 is 0 Å². The smallest absolute Gasteiger partial charge is 0.262 e. The zero-order valence-electron chi connectivity index (χ0n) is 14.5. The van der Waals surface area contributed by atoms with Crippen molar-refractivity contribution in [2.75, 3.05) is 11.4 Å². The summed E-state index contributed by atoms with van der Waals surface area (Å²) in [5.74, 6) is 0.321. The molecule has 2 amide bonds. The normalized spacial score (nSPS) is 15.6. The molecule has 0 spiro atoms. The van der Waals surface area contributed by atoms with Gasteiger partial charge < -0.3 is 10.1 Å². The number of carbonyl (C=O) groups excluding carboxylic acids is 2. The average Bonchev–Trinajstić information content (AvgIpc) is 3.50. The summed E-state index contributed by atoms with van der Waals surface area (Å²) in [6, 6.07) is 15.1. The highest BCUT2D eigenvalue weighted by molar-refractivity contribution is 6.13.